The van der Waals surface area contributed by atoms with Crippen LogP contribution in [-0.4, -0.2) is 10.8 Å². The minimum absolute atomic E-state index is 0.0100. The average Bonchev–Trinajstić information content (AvgIpc) is 2.98. The zero-order chi connectivity index (χ0) is 14.2. The average molecular weight is 273 g/mol. The van der Waals surface area contributed by atoms with E-state index in [1.807, 2.05) is 42.5 Å². The van der Waals surface area contributed by atoms with Gasteiger partial charge in [0.15, 0.2) is 5.78 Å². The first-order chi connectivity index (χ1) is 10.3. The van der Waals surface area contributed by atoms with Crippen LogP contribution in [0.2, 0.25) is 0 Å². The smallest absolute Gasteiger partial charge is 0.171 e. The lowest BCUT2D eigenvalue weighted by molar-refractivity contribution is 0.0959. The van der Waals surface area contributed by atoms with Crippen LogP contribution in [-0.2, 0) is 6.42 Å². The van der Waals surface area contributed by atoms with Crippen molar-refractivity contribution in [2.75, 3.05) is 0 Å². The molecule has 1 atom stereocenters. The molecule has 1 unspecified atom stereocenters. The van der Waals surface area contributed by atoms with Crippen molar-refractivity contribution < 1.29 is 4.79 Å². The number of para-hydroxylation sites is 1. The topological polar surface area (TPSA) is 30.0 Å². The van der Waals surface area contributed by atoms with Gasteiger partial charge in [0.05, 0.1) is 5.52 Å². The number of hydrogen-bond donors (Lipinski definition) is 0. The SMILES string of the molecule is O=C(c1cnc2ccccc2c1)C1CCc2ccccc21. The van der Waals surface area contributed by atoms with Crippen LogP contribution in [0.5, 0.6) is 0 Å². The molecule has 0 fully saturated rings. The molecule has 0 amide bonds. The second-order valence-corrected chi connectivity index (χ2v) is 5.57. The summed E-state index contributed by atoms with van der Waals surface area (Å²) in [7, 11) is 0. The Morgan fingerprint density at radius 2 is 1.86 bits per heavy atom. The van der Waals surface area contributed by atoms with Crippen molar-refractivity contribution in [3.8, 4) is 0 Å². The van der Waals surface area contributed by atoms with E-state index in [4.69, 9.17) is 0 Å². The van der Waals surface area contributed by atoms with Crippen LogP contribution < -0.4 is 0 Å². The summed E-state index contributed by atoms with van der Waals surface area (Å²) in [6, 6.07) is 18.1. The van der Waals surface area contributed by atoms with Crippen molar-refractivity contribution in [1.82, 2.24) is 4.98 Å². The molecule has 2 aromatic carbocycles. The fraction of sp³-hybridized carbons (Fsp3) is 0.158. The second-order valence-electron chi connectivity index (χ2n) is 5.57. The van der Waals surface area contributed by atoms with E-state index in [9.17, 15) is 4.79 Å². The molecule has 0 aliphatic heterocycles. The van der Waals surface area contributed by atoms with Gasteiger partial charge in [-0.25, -0.2) is 0 Å². The summed E-state index contributed by atoms with van der Waals surface area (Å²) in [4.78, 5) is 17.2. The van der Waals surface area contributed by atoms with E-state index in [0.29, 0.717) is 0 Å². The fourth-order valence-corrected chi connectivity index (χ4v) is 3.24. The van der Waals surface area contributed by atoms with E-state index in [2.05, 4.69) is 17.1 Å². The first kappa shape index (κ1) is 12.3. The first-order valence-electron chi connectivity index (χ1n) is 7.30. The maximum absolute atomic E-state index is 12.8. The molecule has 0 N–H and O–H groups in total. The highest BCUT2D eigenvalue weighted by atomic mass is 16.1. The van der Waals surface area contributed by atoms with Gasteiger partial charge in [-0.2, -0.15) is 0 Å². The number of aryl methyl sites for hydroxylation is 1. The highest BCUT2D eigenvalue weighted by Crippen LogP contribution is 2.35. The quantitative estimate of drug-likeness (QED) is 0.657. The molecule has 0 bridgehead atoms. The lowest BCUT2D eigenvalue weighted by Gasteiger charge is -2.10. The molecule has 102 valence electrons. The minimum Gasteiger partial charge on any atom is -0.293 e. The predicted octanol–water partition coefficient (Wildman–Crippen LogP) is 4.15. The maximum atomic E-state index is 12.8. The zero-order valence-corrected chi connectivity index (χ0v) is 11.6. The molecule has 0 saturated heterocycles. The van der Waals surface area contributed by atoms with Gasteiger partial charge in [-0.1, -0.05) is 42.5 Å². The Morgan fingerprint density at radius 1 is 1.05 bits per heavy atom. The van der Waals surface area contributed by atoms with E-state index in [-0.39, 0.29) is 11.7 Å². The molecule has 0 saturated carbocycles. The molecular formula is C19H15NO. The van der Waals surface area contributed by atoms with Gasteiger partial charge in [-0.15, -0.1) is 0 Å². The number of nitrogens with zero attached hydrogens (tertiary/aromatic N) is 1. The van der Waals surface area contributed by atoms with Crippen LogP contribution in [0.25, 0.3) is 10.9 Å². The Labute approximate surface area is 123 Å². The number of hydrogen-bond acceptors (Lipinski definition) is 2. The van der Waals surface area contributed by atoms with Gasteiger partial charge >= 0.3 is 0 Å². The second kappa shape index (κ2) is 4.81. The van der Waals surface area contributed by atoms with Gasteiger partial charge in [0, 0.05) is 23.1 Å². The van der Waals surface area contributed by atoms with E-state index < -0.39 is 0 Å². The summed E-state index contributed by atoms with van der Waals surface area (Å²) >= 11 is 0. The standard InChI is InChI=1S/C19H15NO/c21-19(17-10-9-13-5-1-3-7-16(13)17)15-11-14-6-2-4-8-18(14)20-12-15/h1-8,11-12,17H,9-10H2. The van der Waals surface area contributed by atoms with Crippen LogP contribution in [0.4, 0.5) is 0 Å². The van der Waals surface area contributed by atoms with Crippen molar-refractivity contribution in [3.63, 3.8) is 0 Å². The largest absolute Gasteiger partial charge is 0.293 e. The molecule has 0 spiro atoms. The number of rotatable bonds is 2. The number of carbonyl (C=O) groups is 1. The summed E-state index contributed by atoms with van der Waals surface area (Å²) in [5.41, 5.74) is 4.15. The van der Waals surface area contributed by atoms with Gasteiger partial charge in [0.25, 0.3) is 0 Å². The van der Waals surface area contributed by atoms with Gasteiger partial charge in [0.1, 0.15) is 0 Å². The van der Waals surface area contributed by atoms with E-state index in [1.165, 1.54) is 11.1 Å². The van der Waals surface area contributed by atoms with Crippen LogP contribution in [0, 0.1) is 0 Å². The monoisotopic (exact) mass is 273 g/mol. The molecule has 4 rings (SSSR count). The molecule has 21 heavy (non-hydrogen) atoms. The molecule has 2 nitrogen and oxygen atoms in total. The number of fused-ring (bicyclic) bond motifs is 2. The summed E-state index contributed by atoms with van der Waals surface area (Å²) in [6.07, 6.45) is 3.62. The lowest BCUT2D eigenvalue weighted by atomic mass is 9.92. The van der Waals surface area contributed by atoms with Gasteiger partial charge in [-0.3, -0.25) is 9.78 Å². The van der Waals surface area contributed by atoms with E-state index in [0.717, 1.165) is 29.3 Å². The van der Waals surface area contributed by atoms with E-state index in [1.54, 1.807) is 6.20 Å². The van der Waals surface area contributed by atoms with Crippen molar-refractivity contribution in [1.29, 1.82) is 0 Å². The Bertz CT molecular complexity index is 838. The predicted molar refractivity (Wildman–Crippen MR) is 83.6 cm³/mol. The molecule has 1 aromatic heterocycles. The van der Waals surface area contributed by atoms with Crippen molar-refractivity contribution in [2.45, 2.75) is 18.8 Å². The van der Waals surface area contributed by atoms with Crippen molar-refractivity contribution in [2.24, 2.45) is 0 Å². The lowest BCUT2D eigenvalue weighted by Crippen LogP contribution is -2.10. The molecule has 1 aliphatic carbocycles. The molecule has 0 radical (unpaired) electrons. The third-order valence-corrected chi connectivity index (χ3v) is 4.32. The highest BCUT2D eigenvalue weighted by molar-refractivity contribution is 6.03. The summed E-state index contributed by atoms with van der Waals surface area (Å²) in [5, 5.41) is 1.02. The number of benzene rings is 2. The molecule has 1 aliphatic rings. The van der Waals surface area contributed by atoms with Gasteiger partial charge in [0.2, 0.25) is 0 Å². The Balaban J connectivity index is 1.74. The minimum atomic E-state index is -0.0100. The van der Waals surface area contributed by atoms with E-state index >= 15 is 0 Å². The normalized spacial score (nSPS) is 16.9. The fourth-order valence-electron chi connectivity index (χ4n) is 3.24. The number of carbonyl (C=O) groups excluding carboxylic acids is 1. The number of pyridine rings is 1. The summed E-state index contributed by atoms with van der Waals surface area (Å²) in [5.74, 6) is 0.183. The molecular weight excluding hydrogens is 258 g/mol. The van der Waals surface area contributed by atoms with Crippen molar-refractivity contribution >= 4 is 16.7 Å². The third-order valence-electron chi connectivity index (χ3n) is 4.32. The Kier molecular flexibility index (Phi) is 2.81. The third kappa shape index (κ3) is 2.04. The highest BCUT2D eigenvalue weighted by Gasteiger charge is 2.29. The van der Waals surface area contributed by atoms with Gasteiger partial charge < -0.3 is 0 Å². The zero-order valence-electron chi connectivity index (χ0n) is 11.6. The maximum Gasteiger partial charge on any atom is 0.171 e. The van der Waals surface area contributed by atoms with Crippen LogP contribution in [0.15, 0.2) is 60.8 Å². The summed E-state index contributed by atoms with van der Waals surface area (Å²) < 4.78 is 0. The van der Waals surface area contributed by atoms with Crippen molar-refractivity contribution in [3.05, 3.63) is 77.5 Å². The molecule has 1 heterocycles. The number of ketones is 1. The number of aromatic nitrogens is 1. The van der Waals surface area contributed by atoms with Crippen LogP contribution in [0.1, 0.15) is 33.8 Å². The Hall–Kier alpha value is -2.48. The van der Waals surface area contributed by atoms with Gasteiger partial charge in [-0.05, 0) is 36.1 Å². The summed E-state index contributed by atoms with van der Waals surface area (Å²) in [6.45, 7) is 0. The van der Waals surface area contributed by atoms with Crippen LogP contribution >= 0.6 is 0 Å². The number of Topliss-reactive ketones (excluding diaryl/α,β-unsaturated/α-hetero) is 1. The van der Waals surface area contributed by atoms with Crippen LogP contribution in [0.3, 0.4) is 0 Å². The molecule has 3 aromatic rings. The molecule has 2 heteroatoms. The first-order valence-corrected chi connectivity index (χ1v) is 7.30. The Morgan fingerprint density at radius 3 is 2.81 bits per heavy atom.